The molecule has 0 spiro atoms. The summed E-state index contributed by atoms with van der Waals surface area (Å²) in [5.41, 5.74) is 1.48. The van der Waals surface area contributed by atoms with Gasteiger partial charge in [0, 0.05) is 5.56 Å². The first-order valence-corrected chi connectivity index (χ1v) is 5.91. The lowest BCUT2D eigenvalue weighted by atomic mass is 9.91. The number of rotatable bonds is 3. The summed E-state index contributed by atoms with van der Waals surface area (Å²) in [4.78, 5) is 10.6. The van der Waals surface area contributed by atoms with E-state index in [9.17, 15) is 9.90 Å². The van der Waals surface area contributed by atoms with Gasteiger partial charge >= 0.3 is 5.97 Å². The summed E-state index contributed by atoms with van der Waals surface area (Å²) in [6.45, 7) is -0.363. The van der Waals surface area contributed by atoms with Crippen LogP contribution < -0.4 is 0 Å². The van der Waals surface area contributed by atoms with Crippen LogP contribution in [0.15, 0.2) is 36.4 Å². The Bertz CT molecular complexity index is 688. The number of aliphatic carboxylic acids is 1. The van der Waals surface area contributed by atoms with E-state index < -0.39 is 12.1 Å². The van der Waals surface area contributed by atoms with Crippen molar-refractivity contribution >= 4 is 22.8 Å². The van der Waals surface area contributed by atoms with Crippen LogP contribution in [0.4, 0.5) is 0 Å². The predicted octanol–water partition coefficient (Wildman–Crippen LogP) is 3.15. The summed E-state index contributed by atoms with van der Waals surface area (Å²) in [5, 5.41) is 22.3. The van der Waals surface area contributed by atoms with Crippen LogP contribution in [-0.4, -0.2) is 17.7 Å². The second-order valence-corrected chi connectivity index (χ2v) is 4.41. The maximum atomic E-state index is 11.8. The van der Waals surface area contributed by atoms with Gasteiger partial charge in [0.1, 0.15) is 12.7 Å². The largest absolute Gasteiger partial charge is 0.480 e. The zero-order valence-corrected chi connectivity index (χ0v) is 10.00. The molecule has 3 rings (SSSR count). The van der Waals surface area contributed by atoms with Gasteiger partial charge in [0.05, 0.1) is 0 Å². The number of benzene rings is 2. The Balaban J connectivity index is 2.12. The number of hydrogen-bond donors (Lipinski definition) is 1. The maximum Gasteiger partial charge on any atom is 0.329 e. The average molecular weight is 255 g/mol. The zero-order chi connectivity index (χ0) is 13.4. The molecule has 1 atom stereocenters. The standard InChI is InChI=1S/C15H11O4/c16-12-6-4-9-2-1-3-11-13(19-8-14(17)18)7-5-10(12)15(9)11/h1-7,13H,8H2,(H,17,18). The Kier molecular flexibility index (Phi) is 2.72. The van der Waals surface area contributed by atoms with Gasteiger partial charge in [0.25, 0.3) is 0 Å². The lowest BCUT2D eigenvalue weighted by molar-refractivity contribution is -0.143. The van der Waals surface area contributed by atoms with Gasteiger partial charge in [0.15, 0.2) is 5.75 Å². The third-order valence-electron chi connectivity index (χ3n) is 3.21. The fourth-order valence-corrected chi connectivity index (χ4v) is 2.41. The fraction of sp³-hybridized carbons (Fsp3) is 0.133. The van der Waals surface area contributed by atoms with Gasteiger partial charge in [0.2, 0.25) is 0 Å². The van der Waals surface area contributed by atoms with Crippen LogP contribution in [0.3, 0.4) is 0 Å². The summed E-state index contributed by atoms with van der Waals surface area (Å²) in [6.07, 6.45) is 3.01. The molecule has 0 amide bonds. The van der Waals surface area contributed by atoms with Gasteiger partial charge in [-0.2, -0.15) is 0 Å². The minimum Gasteiger partial charge on any atom is -0.480 e. The second-order valence-electron chi connectivity index (χ2n) is 4.41. The highest BCUT2D eigenvalue weighted by Gasteiger charge is 2.21. The Morgan fingerprint density at radius 1 is 1.26 bits per heavy atom. The molecule has 1 N–H and O–H groups in total. The third-order valence-corrected chi connectivity index (χ3v) is 3.21. The summed E-state index contributed by atoms with van der Waals surface area (Å²) < 4.78 is 5.34. The van der Waals surface area contributed by atoms with E-state index in [0.717, 1.165) is 16.3 Å². The second kappa shape index (κ2) is 4.40. The molecule has 1 aliphatic rings. The lowest BCUT2D eigenvalue weighted by Gasteiger charge is -2.21. The van der Waals surface area contributed by atoms with Crippen molar-refractivity contribution < 1.29 is 19.7 Å². The van der Waals surface area contributed by atoms with Crippen LogP contribution in [0.5, 0.6) is 5.75 Å². The molecule has 95 valence electrons. The average Bonchev–Trinajstić information content (AvgIpc) is 2.41. The molecular formula is C15H11O4. The first kappa shape index (κ1) is 11.7. The Hall–Kier alpha value is -2.33. The first-order chi connectivity index (χ1) is 9.16. The molecule has 0 fully saturated rings. The molecule has 4 nitrogen and oxygen atoms in total. The molecule has 2 aromatic rings. The van der Waals surface area contributed by atoms with E-state index in [0.29, 0.717) is 5.56 Å². The SMILES string of the molecule is [O]c1ccc2cccc3c2c1C=CC3OCC(=O)O. The molecule has 1 unspecified atom stereocenters. The van der Waals surface area contributed by atoms with Crippen LogP contribution in [0, 0.1) is 0 Å². The Morgan fingerprint density at radius 2 is 2.11 bits per heavy atom. The van der Waals surface area contributed by atoms with Crippen LogP contribution >= 0.6 is 0 Å². The van der Waals surface area contributed by atoms with Gasteiger partial charge < -0.3 is 9.84 Å². The molecule has 0 aliphatic heterocycles. The van der Waals surface area contributed by atoms with Crippen molar-refractivity contribution in [2.45, 2.75) is 6.10 Å². The molecule has 1 aliphatic carbocycles. The number of carboxylic acids is 1. The highest BCUT2D eigenvalue weighted by atomic mass is 16.5. The highest BCUT2D eigenvalue weighted by molar-refractivity contribution is 5.97. The number of hydrogen-bond acceptors (Lipinski definition) is 2. The normalized spacial score (nSPS) is 16.7. The summed E-state index contributed by atoms with van der Waals surface area (Å²) in [5.74, 6) is -1.04. The zero-order valence-electron chi connectivity index (χ0n) is 10.00. The molecule has 0 saturated carbocycles. The minimum atomic E-state index is -1.01. The van der Waals surface area contributed by atoms with Gasteiger partial charge in [-0.1, -0.05) is 36.4 Å². The molecule has 19 heavy (non-hydrogen) atoms. The van der Waals surface area contributed by atoms with Gasteiger partial charge in [-0.05, 0) is 22.4 Å². The van der Waals surface area contributed by atoms with Gasteiger partial charge in [-0.15, -0.1) is 0 Å². The topological polar surface area (TPSA) is 66.4 Å². The molecular weight excluding hydrogens is 244 g/mol. The molecule has 0 saturated heterocycles. The van der Waals surface area contributed by atoms with Crippen molar-refractivity contribution in [1.82, 2.24) is 0 Å². The minimum absolute atomic E-state index is 0.0344. The van der Waals surface area contributed by atoms with Crippen molar-refractivity contribution in [3.8, 4) is 5.75 Å². The third kappa shape index (κ3) is 1.96. The molecule has 0 bridgehead atoms. The quantitative estimate of drug-likeness (QED) is 0.916. The van der Waals surface area contributed by atoms with E-state index in [-0.39, 0.29) is 12.4 Å². The van der Waals surface area contributed by atoms with Crippen molar-refractivity contribution in [3.05, 3.63) is 47.5 Å². The molecule has 0 heterocycles. The van der Waals surface area contributed by atoms with E-state index in [1.165, 1.54) is 0 Å². The van der Waals surface area contributed by atoms with Crippen LogP contribution in [-0.2, 0) is 14.6 Å². The van der Waals surface area contributed by atoms with Gasteiger partial charge in [-0.3, -0.25) is 5.11 Å². The van der Waals surface area contributed by atoms with E-state index >= 15 is 0 Å². The first-order valence-electron chi connectivity index (χ1n) is 5.91. The van der Waals surface area contributed by atoms with E-state index in [1.807, 2.05) is 18.2 Å². The van der Waals surface area contributed by atoms with Gasteiger partial charge in [-0.25, -0.2) is 4.79 Å². The van der Waals surface area contributed by atoms with E-state index in [2.05, 4.69) is 0 Å². The van der Waals surface area contributed by atoms with Crippen molar-refractivity contribution in [1.29, 1.82) is 0 Å². The number of ether oxygens (including phenoxy) is 1. The monoisotopic (exact) mass is 255 g/mol. The van der Waals surface area contributed by atoms with E-state index in [4.69, 9.17) is 9.84 Å². The van der Waals surface area contributed by atoms with Crippen LogP contribution in [0.1, 0.15) is 17.2 Å². The molecule has 1 radical (unpaired) electrons. The van der Waals surface area contributed by atoms with Crippen LogP contribution in [0.2, 0.25) is 0 Å². The molecule has 0 aromatic heterocycles. The van der Waals surface area contributed by atoms with Crippen molar-refractivity contribution in [2.75, 3.05) is 6.61 Å². The predicted molar refractivity (Wildman–Crippen MR) is 69.4 cm³/mol. The van der Waals surface area contributed by atoms with E-state index in [1.54, 1.807) is 24.3 Å². The maximum absolute atomic E-state index is 11.8. The summed E-state index contributed by atoms with van der Waals surface area (Å²) in [6, 6.07) is 8.99. The molecule has 2 aromatic carbocycles. The molecule has 4 heteroatoms. The summed E-state index contributed by atoms with van der Waals surface area (Å²) in [7, 11) is 0. The summed E-state index contributed by atoms with van der Waals surface area (Å²) >= 11 is 0. The van der Waals surface area contributed by atoms with Crippen molar-refractivity contribution in [2.24, 2.45) is 0 Å². The van der Waals surface area contributed by atoms with Crippen molar-refractivity contribution in [3.63, 3.8) is 0 Å². The Morgan fingerprint density at radius 3 is 2.89 bits per heavy atom. The van der Waals surface area contributed by atoms with Crippen LogP contribution in [0.25, 0.3) is 16.8 Å². The Labute approximate surface area is 109 Å². The lowest BCUT2D eigenvalue weighted by Crippen LogP contribution is -2.12. The highest BCUT2D eigenvalue weighted by Crippen LogP contribution is 2.39. The smallest absolute Gasteiger partial charge is 0.329 e. The fourth-order valence-electron chi connectivity index (χ4n) is 2.41. The number of carbonyl (C=O) groups is 1. The number of carboxylic acid groups (broad SMARTS) is 1.